The minimum Gasteiger partial charge on any atom is -0.332 e. The van der Waals surface area contributed by atoms with E-state index in [1.54, 1.807) is 6.07 Å². The number of hydrogen-bond donors (Lipinski definition) is 3. The highest BCUT2D eigenvalue weighted by Crippen LogP contribution is 2.29. The van der Waals surface area contributed by atoms with Crippen LogP contribution in [0, 0.1) is 13.8 Å². The topological polar surface area (TPSA) is 74.2 Å². The largest absolute Gasteiger partial charge is 0.416 e. The Kier molecular flexibility index (Phi) is 7.83. The van der Waals surface area contributed by atoms with Gasteiger partial charge in [0.25, 0.3) is 0 Å². The van der Waals surface area contributed by atoms with Crippen LogP contribution in [-0.4, -0.2) is 21.0 Å². The van der Waals surface area contributed by atoms with E-state index in [1.165, 1.54) is 12.1 Å². The molecule has 0 aliphatic carbocycles. The van der Waals surface area contributed by atoms with Gasteiger partial charge in [0.05, 0.1) is 12.1 Å². The van der Waals surface area contributed by atoms with Crippen LogP contribution in [0.25, 0.3) is 0 Å². The van der Waals surface area contributed by atoms with Crippen molar-refractivity contribution in [2.45, 2.75) is 26.6 Å². The van der Waals surface area contributed by atoms with Crippen LogP contribution in [0.4, 0.5) is 24.8 Å². The maximum atomic E-state index is 12.8. The lowest BCUT2D eigenvalue weighted by Gasteiger charge is -2.15. The van der Waals surface area contributed by atoms with Crippen molar-refractivity contribution in [3.63, 3.8) is 0 Å². The number of nitrogens with one attached hydrogen (secondary N) is 3. The summed E-state index contributed by atoms with van der Waals surface area (Å²) < 4.78 is 38.3. The van der Waals surface area contributed by atoms with E-state index in [-0.39, 0.29) is 17.6 Å². The summed E-state index contributed by atoms with van der Waals surface area (Å²) in [5.41, 5.74) is 1.96. The molecule has 0 bridgehead atoms. The molecule has 0 aliphatic rings. The van der Waals surface area contributed by atoms with Crippen LogP contribution in [-0.2, 0) is 12.7 Å². The Labute approximate surface area is 199 Å². The molecule has 0 radical (unpaired) electrons. The lowest BCUT2D eigenvalue weighted by atomic mass is 10.2. The lowest BCUT2D eigenvalue weighted by molar-refractivity contribution is -0.137. The molecule has 3 aromatic rings. The van der Waals surface area contributed by atoms with E-state index in [4.69, 9.17) is 23.8 Å². The summed E-state index contributed by atoms with van der Waals surface area (Å²) in [7, 11) is 0. The zero-order chi connectivity index (χ0) is 24.0. The highest BCUT2D eigenvalue weighted by Gasteiger charge is 2.29. The van der Waals surface area contributed by atoms with Crippen molar-refractivity contribution in [2.24, 2.45) is 4.99 Å². The summed E-state index contributed by atoms with van der Waals surface area (Å²) in [5, 5.41) is 9.41. The zero-order valence-electron chi connectivity index (χ0n) is 17.7. The predicted molar refractivity (Wildman–Crippen MR) is 129 cm³/mol. The Balaban J connectivity index is 1.77. The molecule has 3 N–H and O–H groups in total. The number of thiocarbonyl (C=S) groups is 1. The van der Waals surface area contributed by atoms with Crippen LogP contribution in [0.2, 0.25) is 5.02 Å². The molecule has 0 aliphatic heterocycles. The number of aliphatic imine (C=N–C) groups is 1. The van der Waals surface area contributed by atoms with Crippen molar-refractivity contribution < 1.29 is 13.2 Å². The van der Waals surface area contributed by atoms with Crippen LogP contribution >= 0.6 is 23.8 Å². The molecule has 0 unspecified atom stereocenters. The molecule has 33 heavy (non-hydrogen) atoms. The number of aryl methyl sites for hydroxylation is 2. The third-order valence-corrected chi connectivity index (χ3v) is 4.85. The summed E-state index contributed by atoms with van der Waals surface area (Å²) >= 11 is 11.5. The summed E-state index contributed by atoms with van der Waals surface area (Å²) in [4.78, 5) is 13.2. The molecule has 11 heteroatoms. The fourth-order valence-corrected chi connectivity index (χ4v) is 3.21. The molecule has 0 saturated heterocycles. The second-order valence-corrected chi connectivity index (χ2v) is 7.83. The first kappa shape index (κ1) is 24.4. The van der Waals surface area contributed by atoms with Crippen molar-refractivity contribution >= 4 is 46.5 Å². The van der Waals surface area contributed by atoms with Gasteiger partial charge >= 0.3 is 6.18 Å². The minimum absolute atomic E-state index is 0.115. The number of rotatable bonds is 4. The lowest BCUT2D eigenvalue weighted by Crippen LogP contribution is -2.39. The standard InChI is InChI=1S/C22H20ClF3N6S/c1-13-11-14(2)29-20(28-13)31-19(27-12-15-5-3-4-6-18(15)23)32-21(33)30-17-9-7-16(8-10-17)22(24,25)26/h3-11H,12H2,1-2H3,(H3,27,28,29,30,31,32,33). The molecule has 172 valence electrons. The Morgan fingerprint density at radius 2 is 1.64 bits per heavy atom. The van der Waals surface area contributed by atoms with Gasteiger partial charge in [-0.1, -0.05) is 29.8 Å². The van der Waals surface area contributed by atoms with Gasteiger partial charge in [-0.25, -0.2) is 15.0 Å². The van der Waals surface area contributed by atoms with Crippen LogP contribution < -0.4 is 16.0 Å². The minimum atomic E-state index is -4.41. The molecule has 0 amide bonds. The summed E-state index contributed by atoms with van der Waals surface area (Å²) in [6, 6.07) is 13.6. The summed E-state index contributed by atoms with van der Waals surface area (Å²) in [5.74, 6) is 0.555. The van der Waals surface area contributed by atoms with E-state index in [0.717, 1.165) is 29.1 Å². The first-order chi connectivity index (χ1) is 15.6. The van der Waals surface area contributed by atoms with Crippen molar-refractivity contribution in [1.29, 1.82) is 0 Å². The van der Waals surface area contributed by atoms with E-state index in [9.17, 15) is 13.2 Å². The van der Waals surface area contributed by atoms with Crippen LogP contribution in [0.3, 0.4) is 0 Å². The molecule has 1 aromatic heterocycles. The predicted octanol–water partition coefficient (Wildman–Crippen LogP) is 5.72. The van der Waals surface area contributed by atoms with Crippen molar-refractivity contribution in [2.75, 3.05) is 10.6 Å². The third kappa shape index (κ3) is 7.40. The van der Waals surface area contributed by atoms with E-state index in [1.807, 2.05) is 38.1 Å². The Bertz CT molecular complexity index is 1150. The van der Waals surface area contributed by atoms with Gasteiger partial charge in [-0.05, 0) is 68.0 Å². The molecule has 0 atom stereocenters. The molecule has 3 rings (SSSR count). The first-order valence-corrected chi connectivity index (χ1v) is 10.5. The number of guanidine groups is 1. The first-order valence-electron chi connectivity index (χ1n) is 9.72. The maximum absolute atomic E-state index is 12.8. The second-order valence-electron chi connectivity index (χ2n) is 7.01. The molecule has 0 fully saturated rings. The molecule has 2 aromatic carbocycles. The number of benzene rings is 2. The average molecular weight is 493 g/mol. The molecular weight excluding hydrogens is 473 g/mol. The van der Waals surface area contributed by atoms with E-state index >= 15 is 0 Å². The molecule has 6 nitrogen and oxygen atoms in total. The van der Waals surface area contributed by atoms with Gasteiger partial charge in [-0.3, -0.25) is 5.32 Å². The Morgan fingerprint density at radius 3 is 2.24 bits per heavy atom. The number of hydrogen-bond acceptors (Lipinski definition) is 4. The van der Waals surface area contributed by atoms with Gasteiger partial charge in [-0.15, -0.1) is 0 Å². The number of nitrogens with zero attached hydrogens (tertiary/aromatic N) is 3. The smallest absolute Gasteiger partial charge is 0.332 e. The Hall–Kier alpha value is -3.24. The molecular formula is C22H20ClF3N6S. The average Bonchev–Trinajstić information content (AvgIpc) is 2.72. The van der Waals surface area contributed by atoms with Crippen molar-refractivity contribution in [1.82, 2.24) is 15.3 Å². The number of halogens is 4. The SMILES string of the molecule is Cc1cc(C)nc(NC(=NCc2ccccc2Cl)NC(=S)Nc2ccc(C(F)(F)F)cc2)n1. The number of aromatic nitrogens is 2. The third-order valence-electron chi connectivity index (χ3n) is 4.28. The van der Waals surface area contributed by atoms with Crippen LogP contribution in [0.5, 0.6) is 0 Å². The monoisotopic (exact) mass is 492 g/mol. The van der Waals surface area contributed by atoms with Crippen LogP contribution in [0.15, 0.2) is 59.6 Å². The van der Waals surface area contributed by atoms with Crippen molar-refractivity contribution in [3.05, 3.63) is 82.1 Å². The van der Waals surface area contributed by atoms with Crippen LogP contribution in [0.1, 0.15) is 22.5 Å². The number of anilines is 2. The van der Waals surface area contributed by atoms with E-state index < -0.39 is 11.7 Å². The van der Waals surface area contributed by atoms with Gasteiger partial charge in [0.15, 0.2) is 5.11 Å². The van der Waals surface area contributed by atoms with Gasteiger partial charge in [-0.2, -0.15) is 13.2 Å². The highest BCUT2D eigenvalue weighted by molar-refractivity contribution is 7.80. The Morgan fingerprint density at radius 1 is 1.00 bits per heavy atom. The van der Waals surface area contributed by atoms with E-state index in [0.29, 0.717) is 16.7 Å². The highest BCUT2D eigenvalue weighted by atomic mass is 35.5. The van der Waals surface area contributed by atoms with Gasteiger partial charge in [0.1, 0.15) is 0 Å². The second kappa shape index (κ2) is 10.6. The quantitative estimate of drug-likeness (QED) is 0.246. The fourth-order valence-electron chi connectivity index (χ4n) is 2.80. The normalized spacial score (nSPS) is 11.8. The number of alkyl halides is 3. The molecule has 1 heterocycles. The molecule has 0 saturated carbocycles. The van der Waals surface area contributed by atoms with Gasteiger partial charge in [0, 0.05) is 22.1 Å². The summed E-state index contributed by atoms with van der Waals surface area (Å²) in [6.45, 7) is 3.91. The maximum Gasteiger partial charge on any atom is 0.416 e. The summed E-state index contributed by atoms with van der Waals surface area (Å²) in [6.07, 6.45) is -4.41. The fraction of sp³-hybridized carbons (Fsp3) is 0.182. The molecule has 0 spiro atoms. The zero-order valence-corrected chi connectivity index (χ0v) is 19.2. The van der Waals surface area contributed by atoms with Crippen molar-refractivity contribution in [3.8, 4) is 0 Å². The van der Waals surface area contributed by atoms with Gasteiger partial charge in [0.2, 0.25) is 11.9 Å². The van der Waals surface area contributed by atoms with Gasteiger partial charge < -0.3 is 10.6 Å². The van der Waals surface area contributed by atoms with E-state index in [2.05, 4.69) is 30.9 Å².